The number of aryl methyl sites for hydroxylation is 2. The highest BCUT2D eigenvalue weighted by molar-refractivity contribution is 5.95. The zero-order chi connectivity index (χ0) is 19.7. The highest BCUT2D eigenvalue weighted by atomic mass is 16.2. The summed E-state index contributed by atoms with van der Waals surface area (Å²) in [5, 5.41) is 14.5. The zero-order valence-corrected chi connectivity index (χ0v) is 15.8. The van der Waals surface area contributed by atoms with Gasteiger partial charge in [0.15, 0.2) is 0 Å². The van der Waals surface area contributed by atoms with Gasteiger partial charge in [0.1, 0.15) is 5.69 Å². The Hall–Kier alpha value is -3.42. The first kappa shape index (κ1) is 18.0. The number of hydrogen-bond donors (Lipinski definition) is 2. The Kier molecular flexibility index (Phi) is 4.68. The summed E-state index contributed by atoms with van der Waals surface area (Å²) in [5.41, 5.74) is 3.75. The molecule has 0 spiro atoms. The van der Waals surface area contributed by atoms with E-state index in [0.29, 0.717) is 30.8 Å². The molecule has 1 aliphatic heterocycles. The summed E-state index contributed by atoms with van der Waals surface area (Å²) >= 11 is 0. The van der Waals surface area contributed by atoms with E-state index in [4.69, 9.17) is 0 Å². The number of rotatable bonds is 5. The Balaban J connectivity index is 1.39. The van der Waals surface area contributed by atoms with Gasteiger partial charge < -0.3 is 10.6 Å². The molecule has 1 aromatic carbocycles. The Bertz CT molecular complexity index is 1020. The van der Waals surface area contributed by atoms with E-state index in [1.165, 1.54) is 0 Å². The normalized spacial score (nSPS) is 15.3. The van der Waals surface area contributed by atoms with Crippen molar-refractivity contribution in [2.75, 3.05) is 0 Å². The standard InChI is InChI=1S/C20H22N6O2/c1-13-8-18(25(2)24-13)20(28)23-15-9-17-16(11-22-26(17)12-15)19(27)21-10-14-6-4-3-5-7-14/h3-8,11,15H,9-10,12H2,1-2H3,(H,21,27)(H,23,28)/t15-/m0/s1. The highest BCUT2D eigenvalue weighted by Crippen LogP contribution is 2.19. The predicted molar refractivity (Wildman–Crippen MR) is 103 cm³/mol. The van der Waals surface area contributed by atoms with Crippen molar-refractivity contribution >= 4 is 11.8 Å². The molecule has 0 saturated carbocycles. The first-order chi connectivity index (χ1) is 13.5. The van der Waals surface area contributed by atoms with Gasteiger partial charge in [0.05, 0.1) is 35.7 Å². The van der Waals surface area contributed by atoms with Gasteiger partial charge in [-0.15, -0.1) is 0 Å². The summed E-state index contributed by atoms with van der Waals surface area (Å²) in [5.74, 6) is -0.326. The minimum Gasteiger partial charge on any atom is -0.348 e. The zero-order valence-electron chi connectivity index (χ0n) is 15.8. The van der Waals surface area contributed by atoms with Crippen LogP contribution in [0.25, 0.3) is 0 Å². The van der Waals surface area contributed by atoms with Gasteiger partial charge in [-0.25, -0.2) is 0 Å². The van der Waals surface area contributed by atoms with Crippen molar-refractivity contribution in [2.24, 2.45) is 7.05 Å². The van der Waals surface area contributed by atoms with Gasteiger partial charge in [-0.3, -0.25) is 19.0 Å². The summed E-state index contributed by atoms with van der Waals surface area (Å²) in [6.07, 6.45) is 2.16. The van der Waals surface area contributed by atoms with E-state index in [2.05, 4.69) is 20.8 Å². The largest absolute Gasteiger partial charge is 0.348 e. The first-order valence-corrected chi connectivity index (χ1v) is 9.19. The molecule has 8 nitrogen and oxygen atoms in total. The quantitative estimate of drug-likeness (QED) is 0.698. The van der Waals surface area contributed by atoms with Gasteiger partial charge in [-0.1, -0.05) is 30.3 Å². The van der Waals surface area contributed by atoms with Crippen LogP contribution in [0.5, 0.6) is 0 Å². The monoisotopic (exact) mass is 378 g/mol. The molecular formula is C20H22N6O2. The number of carbonyl (C=O) groups is 2. The molecule has 28 heavy (non-hydrogen) atoms. The molecule has 1 aliphatic rings. The van der Waals surface area contributed by atoms with Crippen LogP contribution in [0.15, 0.2) is 42.6 Å². The molecule has 0 radical (unpaired) electrons. The summed E-state index contributed by atoms with van der Waals surface area (Å²) in [4.78, 5) is 25.1. The average Bonchev–Trinajstić information content (AvgIpc) is 3.34. The van der Waals surface area contributed by atoms with Crippen LogP contribution in [0, 0.1) is 6.92 Å². The number of carbonyl (C=O) groups excluding carboxylic acids is 2. The topological polar surface area (TPSA) is 93.8 Å². The fourth-order valence-corrected chi connectivity index (χ4v) is 3.53. The van der Waals surface area contributed by atoms with E-state index < -0.39 is 0 Å². The number of amides is 2. The van der Waals surface area contributed by atoms with Gasteiger partial charge in [-0.2, -0.15) is 10.2 Å². The van der Waals surface area contributed by atoms with Gasteiger partial charge in [0.25, 0.3) is 11.8 Å². The summed E-state index contributed by atoms with van der Waals surface area (Å²) in [6.45, 7) is 2.86. The lowest BCUT2D eigenvalue weighted by Gasteiger charge is -2.11. The van der Waals surface area contributed by atoms with E-state index in [9.17, 15) is 9.59 Å². The van der Waals surface area contributed by atoms with Crippen molar-refractivity contribution in [3.05, 3.63) is 70.8 Å². The van der Waals surface area contributed by atoms with Gasteiger partial charge in [-0.05, 0) is 18.6 Å². The molecule has 1 atom stereocenters. The van der Waals surface area contributed by atoms with Crippen molar-refractivity contribution in [2.45, 2.75) is 32.5 Å². The number of benzene rings is 1. The molecule has 8 heteroatoms. The fourth-order valence-electron chi connectivity index (χ4n) is 3.53. The lowest BCUT2D eigenvalue weighted by molar-refractivity contribution is 0.0925. The first-order valence-electron chi connectivity index (χ1n) is 9.19. The molecule has 2 N–H and O–H groups in total. The van der Waals surface area contributed by atoms with Crippen molar-refractivity contribution in [3.8, 4) is 0 Å². The molecule has 0 aliphatic carbocycles. The van der Waals surface area contributed by atoms with Crippen LogP contribution < -0.4 is 10.6 Å². The molecular weight excluding hydrogens is 356 g/mol. The van der Waals surface area contributed by atoms with Crippen molar-refractivity contribution in [3.63, 3.8) is 0 Å². The molecule has 2 amide bonds. The number of nitrogens with one attached hydrogen (secondary N) is 2. The smallest absolute Gasteiger partial charge is 0.269 e. The van der Waals surface area contributed by atoms with Gasteiger partial charge in [0, 0.05) is 20.0 Å². The maximum Gasteiger partial charge on any atom is 0.269 e. The van der Waals surface area contributed by atoms with Crippen LogP contribution in [0.2, 0.25) is 0 Å². The van der Waals surface area contributed by atoms with Gasteiger partial charge in [0.2, 0.25) is 0 Å². The second-order valence-corrected chi connectivity index (χ2v) is 7.02. The maximum absolute atomic E-state index is 12.6. The van der Waals surface area contributed by atoms with Crippen molar-refractivity contribution in [1.82, 2.24) is 30.2 Å². The third-order valence-electron chi connectivity index (χ3n) is 4.89. The highest BCUT2D eigenvalue weighted by Gasteiger charge is 2.29. The molecule has 3 aromatic rings. The van der Waals surface area contributed by atoms with E-state index in [1.54, 1.807) is 28.7 Å². The summed E-state index contributed by atoms with van der Waals surface area (Å²) in [7, 11) is 1.75. The minimum absolute atomic E-state index is 0.105. The van der Waals surface area contributed by atoms with Crippen LogP contribution >= 0.6 is 0 Å². The summed E-state index contributed by atoms with van der Waals surface area (Å²) in [6, 6.07) is 11.4. The molecule has 2 aromatic heterocycles. The van der Waals surface area contributed by atoms with E-state index in [0.717, 1.165) is 17.0 Å². The molecule has 144 valence electrons. The fraction of sp³-hybridized carbons (Fsp3) is 0.300. The Morgan fingerprint density at radius 2 is 2.00 bits per heavy atom. The molecule has 0 bridgehead atoms. The number of nitrogens with zero attached hydrogens (tertiary/aromatic N) is 4. The van der Waals surface area contributed by atoms with Crippen LogP contribution in [0.4, 0.5) is 0 Å². The van der Waals surface area contributed by atoms with E-state index in [1.807, 2.05) is 37.3 Å². The lowest BCUT2D eigenvalue weighted by atomic mass is 10.1. The molecule has 4 rings (SSSR count). The van der Waals surface area contributed by atoms with Crippen LogP contribution in [0.3, 0.4) is 0 Å². The third kappa shape index (κ3) is 3.53. The number of fused-ring (bicyclic) bond motifs is 1. The number of hydrogen-bond acceptors (Lipinski definition) is 4. The minimum atomic E-state index is -0.172. The maximum atomic E-state index is 12.6. The molecule has 0 fully saturated rings. The summed E-state index contributed by atoms with van der Waals surface area (Å²) < 4.78 is 3.36. The molecule has 0 saturated heterocycles. The van der Waals surface area contributed by atoms with Gasteiger partial charge >= 0.3 is 0 Å². The third-order valence-corrected chi connectivity index (χ3v) is 4.89. The van der Waals surface area contributed by atoms with E-state index >= 15 is 0 Å². The van der Waals surface area contributed by atoms with Crippen molar-refractivity contribution < 1.29 is 9.59 Å². The Morgan fingerprint density at radius 1 is 1.21 bits per heavy atom. The van der Waals surface area contributed by atoms with Crippen LogP contribution in [-0.2, 0) is 26.6 Å². The predicted octanol–water partition coefficient (Wildman–Crippen LogP) is 1.21. The lowest BCUT2D eigenvalue weighted by Crippen LogP contribution is -2.37. The van der Waals surface area contributed by atoms with Crippen LogP contribution in [0.1, 0.15) is 37.8 Å². The molecule has 3 heterocycles. The van der Waals surface area contributed by atoms with Crippen molar-refractivity contribution in [1.29, 1.82) is 0 Å². The molecule has 0 unspecified atom stereocenters. The second-order valence-electron chi connectivity index (χ2n) is 7.02. The Labute approximate surface area is 162 Å². The average molecular weight is 378 g/mol. The Morgan fingerprint density at radius 3 is 2.71 bits per heavy atom. The van der Waals surface area contributed by atoms with E-state index in [-0.39, 0.29) is 17.9 Å². The second kappa shape index (κ2) is 7.30. The number of aromatic nitrogens is 4. The SMILES string of the molecule is Cc1cc(C(=O)N[C@H]2Cc3c(C(=O)NCc4ccccc4)cnn3C2)n(C)n1. The van der Waals surface area contributed by atoms with Crippen LogP contribution in [-0.4, -0.2) is 37.4 Å².